The number of nitrogens with one attached hydrogen (secondary N) is 1. The maximum atomic E-state index is 5.70. The molecule has 0 radical (unpaired) electrons. The second kappa shape index (κ2) is 5.87. The van der Waals surface area contributed by atoms with Crippen molar-refractivity contribution < 1.29 is 4.74 Å². The van der Waals surface area contributed by atoms with Crippen molar-refractivity contribution in [1.29, 1.82) is 0 Å². The van der Waals surface area contributed by atoms with E-state index >= 15 is 0 Å². The van der Waals surface area contributed by atoms with Gasteiger partial charge in [0.05, 0.1) is 12.6 Å². The molecule has 1 unspecified atom stereocenters. The van der Waals surface area contributed by atoms with Crippen molar-refractivity contribution in [2.24, 2.45) is 0 Å². The molecule has 1 heterocycles. The number of ether oxygens (including phenoxy) is 1. The van der Waals surface area contributed by atoms with E-state index < -0.39 is 0 Å². The average molecular weight is 231 g/mol. The van der Waals surface area contributed by atoms with Gasteiger partial charge in [-0.05, 0) is 31.5 Å². The smallest absolute Gasteiger partial charge is 0.114 e. The largest absolute Gasteiger partial charge is 0.496 e. The fraction of sp³-hybridized carbons (Fsp3) is 0.467. The van der Waals surface area contributed by atoms with E-state index in [-0.39, 0.29) is 6.04 Å². The van der Waals surface area contributed by atoms with Crippen LogP contribution in [0.5, 0.6) is 0 Å². The predicted octanol–water partition coefficient (Wildman–Crippen LogP) is 3.34. The maximum Gasteiger partial charge on any atom is 0.114 e. The first-order valence-electron chi connectivity index (χ1n) is 6.44. The van der Waals surface area contributed by atoms with Crippen molar-refractivity contribution in [2.75, 3.05) is 13.2 Å². The second-order valence-corrected chi connectivity index (χ2v) is 4.54. The summed E-state index contributed by atoms with van der Waals surface area (Å²) in [5.74, 6) is 1.09. The van der Waals surface area contributed by atoms with Crippen LogP contribution >= 0.6 is 0 Å². The van der Waals surface area contributed by atoms with E-state index in [0.717, 1.165) is 31.8 Å². The van der Waals surface area contributed by atoms with Gasteiger partial charge in [-0.15, -0.1) is 0 Å². The van der Waals surface area contributed by atoms with Crippen molar-refractivity contribution in [3.63, 3.8) is 0 Å². The molecule has 0 aliphatic carbocycles. The third kappa shape index (κ3) is 3.10. The molecule has 2 nitrogen and oxygen atoms in total. The van der Waals surface area contributed by atoms with E-state index in [9.17, 15) is 0 Å². The zero-order valence-electron chi connectivity index (χ0n) is 10.7. The van der Waals surface area contributed by atoms with Gasteiger partial charge in [0.15, 0.2) is 0 Å². The Hall–Kier alpha value is -1.28. The Balaban J connectivity index is 2.16. The molecule has 0 fully saturated rings. The molecule has 1 aliphatic rings. The lowest BCUT2D eigenvalue weighted by molar-refractivity contribution is 0.215. The summed E-state index contributed by atoms with van der Waals surface area (Å²) in [5, 5.41) is 3.55. The van der Waals surface area contributed by atoms with Crippen LogP contribution in [-0.2, 0) is 4.74 Å². The SMILES string of the molecule is CCCNC(C1=CCCO1)c1ccc(C)cc1. The Morgan fingerprint density at radius 3 is 2.65 bits per heavy atom. The molecule has 0 amide bonds. The first-order chi connectivity index (χ1) is 8.31. The second-order valence-electron chi connectivity index (χ2n) is 4.54. The fourth-order valence-corrected chi connectivity index (χ4v) is 2.07. The quantitative estimate of drug-likeness (QED) is 0.839. The maximum absolute atomic E-state index is 5.70. The lowest BCUT2D eigenvalue weighted by Crippen LogP contribution is -2.24. The minimum Gasteiger partial charge on any atom is -0.496 e. The van der Waals surface area contributed by atoms with Crippen LogP contribution in [0.1, 0.15) is 36.9 Å². The highest BCUT2D eigenvalue weighted by Gasteiger charge is 2.19. The van der Waals surface area contributed by atoms with E-state index in [1.807, 2.05) is 0 Å². The van der Waals surface area contributed by atoms with Crippen molar-refractivity contribution in [1.82, 2.24) is 5.32 Å². The van der Waals surface area contributed by atoms with Crippen LogP contribution in [0.2, 0.25) is 0 Å². The number of hydrogen-bond acceptors (Lipinski definition) is 2. The molecule has 0 spiro atoms. The molecular weight excluding hydrogens is 210 g/mol. The van der Waals surface area contributed by atoms with E-state index in [0.29, 0.717) is 0 Å². The van der Waals surface area contributed by atoms with Crippen LogP contribution in [0.4, 0.5) is 0 Å². The van der Waals surface area contributed by atoms with Crippen molar-refractivity contribution >= 4 is 0 Å². The zero-order chi connectivity index (χ0) is 12.1. The van der Waals surface area contributed by atoms with Crippen LogP contribution in [0.25, 0.3) is 0 Å². The van der Waals surface area contributed by atoms with Gasteiger partial charge in [0, 0.05) is 6.42 Å². The molecule has 2 heteroatoms. The molecule has 92 valence electrons. The van der Waals surface area contributed by atoms with Crippen LogP contribution in [0, 0.1) is 6.92 Å². The Morgan fingerprint density at radius 2 is 2.06 bits per heavy atom. The van der Waals surface area contributed by atoms with Gasteiger partial charge in [0.2, 0.25) is 0 Å². The first-order valence-corrected chi connectivity index (χ1v) is 6.44. The van der Waals surface area contributed by atoms with Gasteiger partial charge in [-0.3, -0.25) is 0 Å². The lowest BCUT2D eigenvalue weighted by Gasteiger charge is -2.20. The van der Waals surface area contributed by atoms with Crippen molar-refractivity contribution in [3.8, 4) is 0 Å². The van der Waals surface area contributed by atoms with Crippen molar-refractivity contribution in [2.45, 2.75) is 32.7 Å². The monoisotopic (exact) mass is 231 g/mol. The zero-order valence-corrected chi connectivity index (χ0v) is 10.7. The minimum absolute atomic E-state index is 0.220. The molecule has 1 aliphatic heterocycles. The third-order valence-electron chi connectivity index (χ3n) is 3.03. The Kier molecular flexibility index (Phi) is 4.21. The van der Waals surface area contributed by atoms with Crippen LogP contribution in [0.3, 0.4) is 0 Å². The molecule has 0 saturated carbocycles. The van der Waals surface area contributed by atoms with E-state index in [4.69, 9.17) is 4.74 Å². The molecule has 1 atom stereocenters. The molecule has 0 saturated heterocycles. The highest BCUT2D eigenvalue weighted by molar-refractivity contribution is 5.29. The van der Waals surface area contributed by atoms with E-state index in [1.165, 1.54) is 11.1 Å². The summed E-state index contributed by atoms with van der Waals surface area (Å²) in [7, 11) is 0. The summed E-state index contributed by atoms with van der Waals surface area (Å²) >= 11 is 0. The Labute approximate surface area is 104 Å². The molecule has 1 N–H and O–H groups in total. The summed E-state index contributed by atoms with van der Waals surface area (Å²) in [6.45, 7) is 6.14. The summed E-state index contributed by atoms with van der Waals surface area (Å²) in [6.07, 6.45) is 4.37. The molecule has 1 aromatic rings. The van der Waals surface area contributed by atoms with Gasteiger partial charge in [-0.1, -0.05) is 36.8 Å². The molecule has 0 bridgehead atoms. The van der Waals surface area contributed by atoms with Gasteiger partial charge >= 0.3 is 0 Å². The first kappa shape index (κ1) is 12.2. The standard InChI is InChI=1S/C15H21NO/c1-3-10-16-15(14-5-4-11-17-14)13-8-6-12(2)7-9-13/h5-9,15-16H,3-4,10-11H2,1-2H3. The lowest BCUT2D eigenvalue weighted by atomic mass is 10.0. The van der Waals surface area contributed by atoms with E-state index in [1.54, 1.807) is 0 Å². The molecule has 1 aromatic carbocycles. The summed E-state index contributed by atoms with van der Waals surface area (Å²) < 4.78 is 5.70. The fourth-order valence-electron chi connectivity index (χ4n) is 2.07. The highest BCUT2D eigenvalue weighted by atomic mass is 16.5. The van der Waals surface area contributed by atoms with E-state index in [2.05, 4.69) is 49.5 Å². The molecular formula is C15H21NO. The summed E-state index contributed by atoms with van der Waals surface area (Å²) in [6, 6.07) is 8.91. The number of aryl methyl sites for hydroxylation is 1. The van der Waals surface area contributed by atoms with Crippen LogP contribution in [-0.4, -0.2) is 13.2 Å². The van der Waals surface area contributed by atoms with Gasteiger partial charge in [0.25, 0.3) is 0 Å². The highest BCUT2D eigenvalue weighted by Crippen LogP contribution is 2.26. The van der Waals surface area contributed by atoms with Gasteiger partial charge < -0.3 is 10.1 Å². The molecule has 0 aromatic heterocycles. The normalized spacial score (nSPS) is 16.5. The Morgan fingerprint density at radius 1 is 1.29 bits per heavy atom. The topological polar surface area (TPSA) is 21.3 Å². The van der Waals surface area contributed by atoms with Gasteiger partial charge in [0.1, 0.15) is 5.76 Å². The van der Waals surface area contributed by atoms with Crippen LogP contribution in [0.15, 0.2) is 36.1 Å². The number of rotatable bonds is 5. The number of hydrogen-bond donors (Lipinski definition) is 1. The predicted molar refractivity (Wildman–Crippen MR) is 70.9 cm³/mol. The Bertz CT molecular complexity index is 380. The molecule has 17 heavy (non-hydrogen) atoms. The third-order valence-corrected chi connectivity index (χ3v) is 3.03. The summed E-state index contributed by atoms with van der Waals surface area (Å²) in [4.78, 5) is 0. The van der Waals surface area contributed by atoms with Crippen molar-refractivity contribution in [3.05, 3.63) is 47.2 Å². The minimum atomic E-state index is 0.220. The van der Waals surface area contributed by atoms with Gasteiger partial charge in [-0.25, -0.2) is 0 Å². The number of benzene rings is 1. The van der Waals surface area contributed by atoms with Gasteiger partial charge in [-0.2, -0.15) is 0 Å². The average Bonchev–Trinajstić information content (AvgIpc) is 2.85. The molecule has 2 rings (SSSR count). The summed E-state index contributed by atoms with van der Waals surface area (Å²) in [5.41, 5.74) is 2.58. The van der Waals surface area contributed by atoms with Crippen LogP contribution < -0.4 is 5.32 Å².